The molecule has 1 saturated carbocycles. The van der Waals surface area contributed by atoms with Gasteiger partial charge in [-0.25, -0.2) is 4.98 Å². The van der Waals surface area contributed by atoms with Crippen molar-refractivity contribution in [3.05, 3.63) is 12.1 Å². The molecule has 3 rings (SSSR count). The minimum Gasteiger partial charge on any atom is -0.476 e. The molecule has 2 aromatic heterocycles. The minimum absolute atomic E-state index is 0.00926. The Morgan fingerprint density at radius 3 is 2.73 bits per heavy atom. The standard InChI is InChI=1S/C8H10N4O.C7H12O2/c1-2-13-8-5-3-4-6(9)10-7(5)11-12-8;1-3-9-7(8)6-4-5(6)2/h3-4H,2H2,1H3,(H3,9,10,11,12);5-6H,3-4H2,1-2H3. The molecule has 7 nitrogen and oxygen atoms in total. The van der Waals surface area contributed by atoms with E-state index < -0.39 is 0 Å². The Hall–Kier alpha value is -2.31. The summed E-state index contributed by atoms with van der Waals surface area (Å²) in [5.74, 6) is 1.84. The van der Waals surface area contributed by atoms with Crippen LogP contribution in [-0.4, -0.2) is 34.4 Å². The SMILES string of the molecule is CCOC(=O)C1CC1C.CCOc1n[nH]c2nc(N)ccc12. The predicted octanol–water partition coefficient (Wildman–Crippen LogP) is 2.14. The quantitative estimate of drug-likeness (QED) is 0.839. The molecule has 2 heterocycles. The van der Waals surface area contributed by atoms with Gasteiger partial charge in [0.15, 0.2) is 5.65 Å². The molecular formula is C15H22N4O3. The lowest BCUT2D eigenvalue weighted by atomic mass is 10.3. The van der Waals surface area contributed by atoms with Crippen molar-refractivity contribution in [3.63, 3.8) is 0 Å². The van der Waals surface area contributed by atoms with Crippen molar-refractivity contribution in [1.29, 1.82) is 0 Å². The number of esters is 1. The number of hydrogen-bond donors (Lipinski definition) is 2. The number of fused-ring (bicyclic) bond motifs is 1. The number of carbonyl (C=O) groups is 1. The van der Waals surface area contributed by atoms with Gasteiger partial charge < -0.3 is 15.2 Å². The molecule has 2 aromatic rings. The zero-order valence-electron chi connectivity index (χ0n) is 13.1. The van der Waals surface area contributed by atoms with Gasteiger partial charge in [0.25, 0.3) is 0 Å². The third-order valence-corrected chi connectivity index (χ3v) is 3.39. The summed E-state index contributed by atoms with van der Waals surface area (Å²) in [4.78, 5) is 14.9. The Morgan fingerprint density at radius 2 is 2.14 bits per heavy atom. The number of aromatic amines is 1. The normalized spacial score (nSPS) is 19.2. The van der Waals surface area contributed by atoms with Crippen LogP contribution in [0, 0.1) is 11.8 Å². The third-order valence-electron chi connectivity index (χ3n) is 3.39. The van der Waals surface area contributed by atoms with Gasteiger partial charge in [-0.2, -0.15) is 0 Å². The highest BCUT2D eigenvalue weighted by Crippen LogP contribution is 2.38. The molecule has 0 radical (unpaired) electrons. The summed E-state index contributed by atoms with van der Waals surface area (Å²) in [6, 6.07) is 3.56. The van der Waals surface area contributed by atoms with E-state index in [-0.39, 0.29) is 11.9 Å². The number of nitrogens with zero attached hydrogens (tertiary/aromatic N) is 2. The monoisotopic (exact) mass is 306 g/mol. The molecule has 0 spiro atoms. The van der Waals surface area contributed by atoms with Gasteiger partial charge in [-0.15, -0.1) is 5.10 Å². The van der Waals surface area contributed by atoms with Crippen molar-refractivity contribution in [2.24, 2.45) is 11.8 Å². The topological polar surface area (TPSA) is 103 Å². The van der Waals surface area contributed by atoms with E-state index in [9.17, 15) is 4.79 Å². The Bertz CT molecular complexity index is 641. The lowest BCUT2D eigenvalue weighted by Crippen LogP contribution is -2.06. The zero-order valence-corrected chi connectivity index (χ0v) is 13.1. The molecule has 22 heavy (non-hydrogen) atoms. The first-order chi connectivity index (χ1) is 10.6. The van der Waals surface area contributed by atoms with Crippen LogP contribution in [0.15, 0.2) is 12.1 Å². The summed E-state index contributed by atoms with van der Waals surface area (Å²) in [6.07, 6.45) is 1.03. The average Bonchev–Trinajstić information content (AvgIpc) is 3.10. The van der Waals surface area contributed by atoms with Crippen LogP contribution < -0.4 is 10.5 Å². The molecule has 0 aromatic carbocycles. The van der Waals surface area contributed by atoms with E-state index in [1.165, 1.54) is 0 Å². The fourth-order valence-electron chi connectivity index (χ4n) is 2.04. The third kappa shape index (κ3) is 3.87. The van der Waals surface area contributed by atoms with Crippen molar-refractivity contribution < 1.29 is 14.3 Å². The van der Waals surface area contributed by atoms with Crippen molar-refractivity contribution in [2.45, 2.75) is 27.2 Å². The highest BCUT2D eigenvalue weighted by molar-refractivity contribution is 5.81. The van der Waals surface area contributed by atoms with E-state index >= 15 is 0 Å². The van der Waals surface area contributed by atoms with E-state index in [0.717, 1.165) is 11.8 Å². The first-order valence-corrected chi connectivity index (χ1v) is 7.46. The fourth-order valence-corrected chi connectivity index (χ4v) is 2.04. The summed E-state index contributed by atoms with van der Waals surface area (Å²) in [7, 11) is 0. The van der Waals surface area contributed by atoms with Gasteiger partial charge in [-0.05, 0) is 38.3 Å². The van der Waals surface area contributed by atoms with Crippen LogP contribution >= 0.6 is 0 Å². The number of rotatable bonds is 4. The van der Waals surface area contributed by atoms with Crippen LogP contribution in [0.2, 0.25) is 0 Å². The maximum Gasteiger partial charge on any atom is 0.309 e. The maximum absolute atomic E-state index is 10.8. The van der Waals surface area contributed by atoms with E-state index in [2.05, 4.69) is 22.1 Å². The fraction of sp³-hybridized carbons (Fsp3) is 0.533. The van der Waals surface area contributed by atoms with Crippen molar-refractivity contribution in [3.8, 4) is 5.88 Å². The van der Waals surface area contributed by atoms with Gasteiger partial charge in [0.05, 0.1) is 24.5 Å². The largest absolute Gasteiger partial charge is 0.476 e. The van der Waals surface area contributed by atoms with E-state index in [4.69, 9.17) is 15.2 Å². The molecule has 7 heteroatoms. The minimum atomic E-state index is -0.00926. The summed E-state index contributed by atoms with van der Waals surface area (Å²) in [5.41, 5.74) is 6.16. The van der Waals surface area contributed by atoms with E-state index in [1.807, 2.05) is 19.9 Å². The molecule has 1 fully saturated rings. The number of pyridine rings is 1. The number of nitrogen functional groups attached to an aromatic ring is 1. The molecule has 2 unspecified atom stereocenters. The van der Waals surface area contributed by atoms with Crippen LogP contribution in [0.5, 0.6) is 5.88 Å². The van der Waals surface area contributed by atoms with Gasteiger partial charge >= 0.3 is 5.97 Å². The first kappa shape index (κ1) is 16.1. The Kier molecular flexibility index (Phi) is 5.19. The van der Waals surface area contributed by atoms with E-state index in [1.54, 1.807) is 6.07 Å². The first-order valence-electron chi connectivity index (χ1n) is 7.46. The van der Waals surface area contributed by atoms with Gasteiger partial charge in [-0.1, -0.05) is 6.92 Å². The second-order valence-electron chi connectivity index (χ2n) is 5.17. The second-order valence-corrected chi connectivity index (χ2v) is 5.17. The van der Waals surface area contributed by atoms with Crippen LogP contribution in [0.4, 0.5) is 5.82 Å². The van der Waals surface area contributed by atoms with Crippen molar-refractivity contribution in [1.82, 2.24) is 15.2 Å². The number of nitrogens with one attached hydrogen (secondary N) is 1. The molecule has 1 aliphatic carbocycles. The smallest absolute Gasteiger partial charge is 0.309 e. The maximum atomic E-state index is 10.8. The number of nitrogens with two attached hydrogens (primary N) is 1. The molecule has 0 bridgehead atoms. The summed E-state index contributed by atoms with van der Waals surface area (Å²) in [5, 5.41) is 7.57. The number of ether oxygens (including phenoxy) is 2. The molecule has 1 aliphatic rings. The Balaban J connectivity index is 0.000000172. The summed E-state index contributed by atoms with van der Waals surface area (Å²) in [6.45, 7) is 6.92. The van der Waals surface area contributed by atoms with Gasteiger partial charge in [0.1, 0.15) is 5.82 Å². The number of H-pyrrole nitrogens is 1. The average molecular weight is 306 g/mol. The van der Waals surface area contributed by atoms with Crippen LogP contribution in [0.1, 0.15) is 27.2 Å². The second kappa shape index (κ2) is 7.11. The number of hydrogen-bond acceptors (Lipinski definition) is 6. The van der Waals surface area contributed by atoms with Crippen LogP contribution in [0.3, 0.4) is 0 Å². The van der Waals surface area contributed by atoms with Gasteiger partial charge in [-0.3, -0.25) is 9.89 Å². The molecule has 0 amide bonds. The van der Waals surface area contributed by atoms with Crippen LogP contribution in [0.25, 0.3) is 11.0 Å². The highest BCUT2D eigenvalue weighted by Gasteiger charge is 2.40. The lowest BCUT2D eigenvalue weighted by Gasteiger charge is -1.96. The summed E-state index contributed by atoms with van der Waals surface area (Å²) >= 11 is 0. The van der Waals surface area contributed by atoms with Crippen molar-refractivity contribution >= 4 is 22.8 Å². The number of aromatic nitrogens is 3. The van der Waals surface area contributed by atoms with E-state index in [0.29, 0.717) is 36.5 Å². The van der Waals surface area contributed by atoms with Crippen molar-refractivity contribution in [2.75, 3.05) is 18.9 Å². The molecular weight excluding hydrogens is 284 g/mol. The van der Waals surface area contributed by atoms with Crippen LogP contribution in [-0.2, 0) is 9.53 Å². The molecule has 3 N–H and O–H groups in total. The Labute approximate surface area is 129 Å². The van der Waals surface area contributed by atoms with Gasteiger partial charge in [0.2, 0.25) is 5.88 Å². The molecule has 120 valence electrons. The summed E-state index contributed by atoms with van der Waals surface area (Å²) < 4.78 is 10.1. The number of carbonyl (C=O) groups excluding carboxylic acids is 1. The number of anilines is 1. The Morgan fingerprint density at radius 1 is 1.41 bits per heavy atom. The predicted molar refractivity (Wildman–Crippen MR) is 83.4 cm³/mol. The zero-order chi connectivity index (χ0) is 16.1. The lowest BCUT2D eigenvalue weighted by molar-refractivity contribution is -0.144. The molecule has 0 aliphatic heterocycles. The molecule has 0 saturated heterocycles. The van der Waals surface area contributed by atoms with Gasteiger partial charge in [0, 0.05) is 0 Å². The highest BCUT2D eigenvalue weighted by atomic mass is 16.5. The molecule has 2 atom stereocenters.